The van der Waals surface area contributed by atoms with Gasteiger partial charge in [-0.3, -0.25) is 0 Å². The van der Waals surface area contributed by atoms with E-state index in [-0.39, 0.29) is 0 Å². The number of aryl methyl sites for hydroxylation is 1. The summed E-state index contributed by atoms with van der Waals surface area (Å²) in [5.74, 6) is 2.36. The van der Waals surface area contributed by atoms with Crippen molar-refractivity contribution in [2.75, 3.05) is 11.4 Å². The lowest BCUT2D eigenvalue weighted by Gasteiger charge is -2.25. The normalized spacial score (nSPS) is 15.6. The summed E-state index contributed by atoms with van der Waals surface area (Å²) < 4.78 is 0. The predicted molar refractivity (Wildman–Crippen MR) is 67.0 cm³/mol. The van der Waals surface area contributed by atoms with Crippen molar-refractivity contribution in [2.24, 2.45) is 5.92 Å². The number of anilines is 1. The van der Waals surface area contributed by atoms with Gasteiger partial charge < -0.3 is 4.90 Å². The molecule has 0 bridgehead atoms. The Morgan fingerprint density at radius 3 is 2.62 bits per heavy atom. The molecule has 3 nitrogen and oxygen atoms in total. The lowest BCUT2D eigenvalue weighted by molar-refractivity contribution is 0.601. The third kappa shape index (κ3) is 2.85. The molecule has 2 rings (SSSR count). The Balaban J connectivity index is 2.23. The van der Waals surface area contributed by atoms with E-state index in [9.17, 15) is 0 Å². The molecule has 0 amide bonds. The van der Waals surface area contributed by atoms with E-state index in [0.717, 1.165) is 18.2 Å². The average Bonchev–Trinajstić information content (AvgIpc) is 2.95. The summed E-state index contributed by atoms with van der Waals surface area (Å²) in [5, 5.41) is 0.539. The fraction of sp³-hybridized carbons (Fsp3) is 0.667. The summed E-state index contributed by atoms with van der Waals surface area (Å²) in [6.07, 6.45) is 2.54. The second kappa shape index (κ2) is 4.58. The smallest absolute Gasteiger partial charge is 0.134 e. The van der Waals surface area contributed by atoms with Crippen LogP contribution in [0.5, 0.6) is 0 Å². The van der Waals surface area contributed by atoms with Crippen molar-refractivity contribution in [2.45, 2.75) is 39.7 Å². The van der Waals surface area contributed by atoms with Crippen molar-refractivity contribution < 1.29 is 0 Å². The van der Waals surface area contributed by atoms with E-state index < -0.39 is 0 Å². The van der Waals surface area contributed by atoms with Crippen molar-refractivity contribution in [3.8, 4) is 0 Å². The van der Waals surface area contributed by atoms with E-state index in [2.05, 4.69) is 28.7 Å². The Kier molecular flexibility index (Phi) is 3.33. The molecule has 0 saturated heterocycles. The van der Waals surface area contributed by atoms with Crippen LogP contribution in [-0.2, 0) is 0 Å². The molecule has 1 aliphatic carbocycles. The van der Waals surface area contributed by atoms with Crippen molar-refractivity contribution in [3.63, 3.8) is 0 Å². The molecule has 1 fully saturated rings. The molecule has 1 heterocycles. The van der Waals surface area contributed by atoms with Crippen LogP contribution in [0.3, 0.4) is 0 Å². The van der Waals surface area contributed by atoms with E-state index in [1.54, 1.807) is 0 Å². The third-order valence-electron chi connectivity index (χ3n) is 2.64. The molecule has 1 saturated carbocycles. The van der Waals surface area contributed by atoms with Crippen LogP contribution in [0.15, 0.2) is 6.07 Å². The van der Waals surface area contributed by atoms with E-state index in [1.807, 2.05) is 13.0 Å². The highest BCUT2D eigenvalue weighted by Gasteiger charge is 2.30. The highest BCUT2D eigenvalue weighted by atomic mass is 35.5. The van der Waals surface area contributed by atoms with Gasteiger partial charge in [-0.15, -0.1) is 0 Å². The summed E-state index contributed by atoms with van der Waals surface area (Å²) in [7, 11) is 0. The standard InChI is InChI=1S/C12H18ClN3/c1-8(2)7-16(10-4-5-10)12-6-11(13)14-9(3)15-12/h6,8,10H,4-5,7H2,1-3H3. The minimum atomic E-state index is 0.539. The SMILES string of the molecule is Cc1nc(Cl)cc(N(CC(C)C)C2CC2)n1. The van der Waals surface area contributed by atoms with Gasteiger partial charge in [-0.05, 0) is 25.7 Å². The van der Waals surface area contributed by atoms with Crippen LogP contribution in [0.4, 0.5) is 5.82 Å². The largest absolute Gasteiger partial charge is 0.353 e. The van der Waals surface area contributed by atoms with Crippen molar-refractivity contribution >= 4 is 17.4 Å². The molecular weight excluding hydrogens is 222 g/mol. The fourth-order valence-corrected chi connectivity index (χ4v) is 2.09. The summed E-state index contributed by atoms with van der Waals surface area (Å²) in [5.41, 5.74) is 0. The van der Waals surface area contributed by atoms with Crippen molar-refractivity contribution in [3.05, 3.63) is 17.0 Å². The molecular formula is C12H18ClN3. The molecule has 0 spiro atoms. The van der Waals surface area contributed by atoms with Crippen LogP contribution < -0.4 is 4.90 Å². The first kappa shape index (κ1) is 11.6. The molecule has 1 aromatic heterocycles. The maximum Gasteiger partial charge on any atom is 0.134 e. The molecule has 0 atom stereocenters. The Hall–Kier alpha value is -0.830. The fourth-order valence-electron chi connectivity index (χ4n) is 1.87. The van der Waals surface area contributed by atoms with Crippen LogP contribution in [0.25, 0.3) is 0 Å². The number of hydrogen-bond acceptors (Lipinski definition) is 3. The summed E-state index contributed by atoms with van der Waals surface area (Å²) >= 11 is 5.98. The van der Waals surface area contributed by atoms with Gasteiger partial charge in [-0.2, -0.15) is 0 Å². The highest BCUT2D eigenvalue weighted by molar-refractivity contribution is 6.29. The second-order valence-corrected chi connectivity index (χ2v) is 5.26. The third-order valence-corrected chi connectivity index (χ3v) is 2.83. The van der Waals surface area contributed by atoms with E-state index in [0.29, 0.717) is 17.1 Å². The van der Waals surface area contributed by atoms with E-state index in [1.165, 1.54) is 12.8 Å². The molecule has 0 aliphatic heterocycles. The van der Waals surface area contributed by atoms with Gasteiger partial charge >= 0.3 is 0 Å². The van der Waals surface area contributed by atoms with Gasteiger partial charge in [0.05, 0.1) is 0 Å². The average molecular weight is 240 g/mol. The molecule has 88 valence electrons. The first-order chi connectivity index (χ1) is 7.56. The Morgan fingerprint density at radius 1 is 1.44 bits per heavy atom. The second-order valence-electron chi connectivity index (χ2n) is 4.87. The first-order valence-corrected chi connectivity index (χ1v) is 6.22. The maximum absolute atomic E-state index is 5.98. The zero-order valence-corrected chi connectivity index (χ0v) is 10.8. The zero-order valence-electron chi connectivity index (χ0n) is 10.1. The lowest BCUT2D eigenvalue weighted by atomic mass is 10.2. The van der Waals surface area contributed by atoms with Gasteiger partial charge in [0.1, 0.15) is 16.8 Å². The van der Waals surface area contributed by atoms with Gasteiger partial charge in [0.25, 0.3) is 0 Å². The van der Waals surface area contributed by atoms with Gasteiger partial charge in [0, 0.05) is 18.7 Å². The topological polar surface area (TPSA) is 29.0 Å². The zero-order chi connectivity index (χ0) is 11.7. The van der Waals surface area contributed by atoms with Crippen LogP contribution in [0.1, 0.15) is 32.5 Å². The van der Waals surface area contributed by atoms with Crippen LogP contribution in [-0.4, -0.2) is 22.6 Å². The molecule has 4 heteroatoms. The molecule has 16 heavy (non-hydrogen) atoms. The Morgan fingerprint density at radius 2 is 2.12 bits per heavy atom. The van der Waals surface area contributed by atoms with E-state index in [4.69, 9.17) is 11.6 Å². The minimum absolute atomic E-state index is 0.539. The molecule has 0 unspecified atom stereocenters. The van der Waals surface area contributed by atoms with Crippen LogP contribution in [0.2, 0.25) is 5.15 Å². The number of rotatable bonds is 4. The minimum Gasteiger partial charge on any atom is -0.353 e. The Bertz CT molecular complexity index is 354. The van der Waals surface area contributed by atoms with Gasteiger partial charge in [0.2, 0.25) is 0 Å². The summed E-state index contributed by atoms with van der Waals surface area (Å²) in [4.78, 5) is 10.9. The molecule has 0 N–H and O–H groups in total. The number of nitrogens with zero attached hydrogens (tertiary/aromatic N) is 3. The van der Waals surface area contributed by atoms with Gasteiger partial charge in [0.15, 0.2) is 0 Å². The molecule has 0 aromatic carbocycles. The summed E-state index contributed by atoms with van der Waals surface area (Å²) in [6.45, 7) is 7.38. The Labute approximate surface area is 102 Å². The predicted octanol–water partition coefficient (Wildman–Crippen LogP) is 3.06. The van der Waals surface area contributed by atoms with Gasteiger partial charge in [-0.1, -0.05) is 25.4 Å². The monoisotopic (exact) mass is 239 g/mol. The maximum atomic E-state index is 5.98. The number of halogens is 1. The quantitative estimate of drug-likeness (QED) is 0.757. The number of aromatic nitrogens is 2. The van der Waals surface area contributed by atoms with E-state index >= 15 is 0 Å². The molecule has 1 aliphatic rings. The summed E-state index contributed by atoms with van der Waals surface area (Å²) in [6, 6.07) is 2.53. The van der Waals surface area contributed by atoms with Gasteiger partial charge in [-0.25, -0.2) is 9.97 Å². The first-order valence-electron chi connectivity index (χ1n) is 5.84. The van der Waals surface area contributed by atoms with Crippen LogP contribution >= 0.6 is 11.6 Å². The van der Waals surface area contributed by atoms with Crippen LogP contribution in [0, 0.1) is 12.8 Å². The molecule has 1 aromatic rings. The van der Waals surface area contributed by atoms with Crippen molar-refractivity contribution in [1.29, 1.82) is 0 Å². The lowest BCUT2D eigenvalue weighted by Crippen LogP contribution is -2.30. The molecule has 0 radical (unpaired) electrons. The van der Waals surface area contributed by atoms with Crippen molar-refractivity contribution in [1.82, 2.24) is 9.97 Å². The number of hydrogen-bond donors (Lipinski definition) is 0. The highest BCUT2D eigenvalue weighted by Crippen LogP contribution is 2.32.